The zero-order valence-electron chi connectivity index (χ0n) is 5.93. The van der Waals surface area contributed by atoms with Gasteiger partial charge in [0.05, 0.1) is 11.3 Å². The van der Waals surface area contributed by atoms with Gasteiger partial charge in [-0.25, -0.2) is 4.79 Å². The van der Waals surface area contributed by atoms with Gasteiger partial charge in [0.15, 0.2) is 0 Å². The van der Waals surface area contributed by atoms with Crippen LogP contribution in [0.15, 0.2) is 28.6 Å². The quantitative estimate of drug-likeness (QED) is 0.516. The lowest BCUT2D eigenvalue weighted by Gasteiger charge is -1.92. The first-order chi connectivity index (χ1) is 5.74. The first-order valence-electron chi connectivity index (χ1n) is 3.04. The van der Waals surface area contributed by atoms with Crippen molar-refractivity contribution in [1.82, 2.24) is 0 Å². The van der Waals surface area contributed by atoms with Gasteiger partial charge >= 0.3 is 5.97 Å². The molecule has 2 N–H and O–H groups in total. The van der Waals surface area contributed by atoms with Gasteiger partial charge in [0.1, 0.15) is 0 Å². The predicted octanol–water partition coefficient (Wildman–Crippen LogP) is 1.66. The Kier molecular flexibility index (Phi) is 2.37. The highest BCUT2D eigenvalue weighted by atomic mass is 16.5. The summed E-state index contributed by atoms with van der Waals surface area (Å²) in [6.07, 6.45) is 0. The molecule has 1 aromatic rings. The van der Waals surface area contributed by atoms with Gasteiger partial charge in [-0.15, -0.1) is 5.11 Å². The Morgan fingerprint density at radius 3 is 2.92 bits per heavy atom. The molecule has 0 amide bonds. The van der Waals surface area contributed by atoms with Gasteiger partial charge in [0, 0.05) is 5.28 Å². The van der Waals surface area contributed by atoms with E-state index in [1.54, 1.807) is 0 Å². The van der Waals surface area contributed by atoms with Crippen molar-refractivity contribution in [2.75, 3.05) is 0 Å². The normalized spacial score (nSPS) is 10.3. The molecular weight excluding hydrogens is 160 g/mol. The summed E-state index contributed by atoms with van der Waals surface area (Å²) in [5.41, 5.74) is 0.258. The molecule has 0 aromatic heterocycles. The Morgan fingerprint density at radius 2 is 2.33 bits per heavy atom. The Labute approximate surface area is 67.9 Å². The highest BCUT2D eigenvalue weighted by Gasteiger charge is 2.02. The number of carbonyl (C=O) groups is 1. The molecule has 0 aliphatic carbocycles. The molecule has 1 radical (unpaired) electrons. The Hall–Kier alpha value is -1.91. The van der Waals surface area contributed by atoms with Crippen LogP contribution >= 0.6 is 0 Å². The van der Waals surface area contributed by atoms with Crippen LogP contribution in [0.4, 0.5) is 5.69 Å². The zero-order chi connectivity index (χ0) is 8.97. The minimum Gasteiger partial charge on any atom is -0.478 e. The number of rotatable bonds is 2. The van der Waals surface area contributed by atoms with Crippen LogP contribution in [0.5, 0.6) is 0 Å². The Morgan fingerprint density at radius 1 is 1.58 bits per heavy atom. The molecule has 5 heteroatoms. The Bertz CT molecular complexity index is 322. The van der Waals surface area contributed by atoms with E-state index in [0.717, 1.165) is 0 Å². The second kappa shape index (κ2) is 3.47. The number of carboxylic acid groups (broad SMARTS) is 1. The fourth-order valence-corrected chi connectivity index (χ4v) is 0.692. The molecule has 0 saturated heterocycles. The molecule has 0 heterocycles. The van der Waals surface area contributed by atoms with Gasteiger partial charge in [-0.3, -0.25) is 0 Å². The van der Waals surface area contributed by atoms with Crippen molar-refractivity contribution in [3.05, 3.63) is 29.8 Å². The maximum atomic E-state index is 10.4. The lowest BCUT2D eigenvalue weighted by atomic mass is 10.2. The first-order valence-corrected chi connectivity index (χ1v) is 3.04. The number of hydrogen-bond donors (Lipinski definition) is 2. The van der Waals surface area contributed by atoms with Crippen molar-refractivity contribution in [3.63, 3.8) is 0 Å². The molecular formula is C7H5N2O3. The second-order valence-corrected chi connectivity index (χ2v) is 1.96. The van der Waals surface area contributed by atoms with Gasteiger partial charge in [0.2, 0.25) is 0 Å². The molecule has 1 rings (SSSR count). The summed E-state index contributed by atoms with van der Waals surface area (Å²) in [5.74, 6) is -1.09. The molecule has 0 atom stereocenters. The molecule has 1 aromatic carbocycles. The van der Waals surface area contributed by atoms with E-state index in [1.807, 2.05) is 0 Å². The standard InChI is InChI=1S/C7H5N2O3/c10-7(11)5-2-1-3-6(4-5)8-9-12/h1,3-4H,(H,8,12)(H,10,11). The van der Waals surface area contributed by atoms with Crippen LogP contribution in [0, 0.1) is 6.07 Å². The third-order valence-electron chi connectivity index (χ3n) is 1.18. The first kappa shape index (κ1) is 8.19. The maximum absolute atomic E-state index is 10.4. The van der Waals surface area contributed by atoms with Crippen molar-refractivity contribution in [1.29, 1.82) is 0 Å². The minimum atomic E-state index is -1.09. The van der Waals surface area contributed by atoms with Gasteiger partial charge in [-0.2, -0.15) is 0 Å². The van der Waals surface area contributed by atoms with E-state index in [-0.39, 0.29) is 11.3 Å². The molecule has 0 aliphatic rings. The molecule has 12 heavy (non-hydrogen) atoms. The molecule has 0 fully saturated rings. The summed E-state index contributed by atoms with van der Waals surface area (Å²) in [4.78, 5) is 10.4. The second-order valence-electron chi connectivity index (χ2n) is 1.96. The van der Waals surface area contributed by atoms with Crippen molar-refractivity contribution < 1.29 is 15.1 Å². The van der Waals surface area contributed by atoms with Gasteiger partial charge in [-0.05, 0) is 18.2 Å². The monoisotopic (exact) mass is 165 g/mol. The number of benzene rings is 1. The van der Waals surface area contributed by atoms with Gasteiger partial charge < -0.3 is 10.3 Å². The van der Waals surface area contributed by atoms with Crippen LogP contribution in [-0.2, 0) is 0 Å². The van der Waals surface area contributed by atoms with E-state index in [2.05, 4.69) is 16.5 Å². The van der Waals surface area contributed by atoms with E-state index in [1.165, 1.54) is 18.2 Å². The average Bonchev–Trinajstić information content (AvgIpc) is 2.05. The fourth-order valence-electron chi connectivity index (χ4n) is 0.692. The summed E-state index contributed by atoms with van der Waals surface area (Å²) >= 11 is 0. The van der Waals surface area contributed by atoms with Crippen LogP contribution in [-0.4, -0.2) is 16.3 Å². The minimum absolute atomic E-state index is 0.0140. The van der Waals surface area contributed by atoms with Crippen LogP contribution in [0.25, 0.3) is 0 Å². The molecule has 0 aliphatic heterocycles. The highest BCUT2D eigenvalue weighted by Crippen LogP contribution is 2.13. The summed E-state index contributed by atoms with van der Waals surface area (Å²) < 4.78 is 0. The largest absolute Gasteiger partial charge is 0.478 e. The van der Waals surface area contributed by atoms with Crippen LogP contribution in [0.2, 0.25) is 0 Å². The molecule has 61 valence electrons. The summed E-state index contributed by atoms with van der Waals surface area (Å²) in [5, 5.41) is 22.3. The zero-order valence-corrected chi connectivity index (χ0v) is 5.93. The van der Waals surface area contributed by atoms with Gasteiger partial charge in [-0.1, -0.05) is 6.07 Å². The molecule has 0 unspecified atom stereocenters. The number of aromatic carboxylic acids is 1. The van der Waals surface area contributed by atoms with E-state index in [4.69, 9.17) is 10.3 Å². The summed E-state index contributed by atoms with van der Waals surface area (Å²) in [6.45, 7) is 0. The fraction of sp³-hybridized carbons (Fsp3) is 0. The van der Waals surface area contributed by atoms with E-state index in [9.17, 15) is 4.79 Å². The van der Waals surface area contributed by atoms with Crippen molar-refractivity contribution >= 4 is 11.7 Å². The van der Waals surface area contributed by atoms with Crippen LogP contribution < -0.4 is 0 Å². The maximum Gasteiger partial charge on any atom is 0.336 e. The van der Waals surface area contributed by atoms with Crippen LogP contribution in [0.3, 0.4) is 0 Å². The van der Waals surface area contributed by atoms with Gasteiger partial charge in [0.25, 0.3) is 0 Å². The number of carboxylic acids is 1. The lowest BCUT2D eigenvalue weighted by Crippen LogP contribution is -1.94. The van der Waals surface area contributed by atoms with E-state index < -0.39 is 5.97 Å². The molecule has 0 saturated carbocycles. The third-order valence-corrected chi connectivity index (χ3v) is 1.18. The van der Waals surface area contributed by atoms with E-state index >= 15 is 0 Å². The van der Waals surface area contributed by atoms with Crippen LogP contribution in [0.1, 0.15) is 10.4 Å². The SMILES string of the molecule is O=C(O)c1[c]ccc(N=NO)c1. The predicted molar refractivity (Wildman–Crippen MR) is 38.5 cm³/mol. The number of nitrogens with zero attached hydrogens (tertiary/aromatic N) is 2. The van der Waals surface area contributed by atoms with E-state index in [0.29, 0.717) is 0 Å². The van der Waals surface area contributed by atoms with Crippen molar-refractivity contribution in [2.24, 2.45) is 10.4 Å². The molecule has 0 spiro atoms. The Balaban J connectivity index is 3.03. The molecule has 5 nitrogen and oxygen atoms in total. The molecule has 0 bridgehead atoms. The lowest BCUT2D eigenvalue weighted by molar-refractivity contribution is 0.0696. The smallest absolute Gasteiger partial charge is 0.336 e. The summed E-state index contributed by atoms with van der Waals surface area (Å²) in [7, 11) is 0. The van der Waals surface area contributed by atoms with Crippen molar-refractivity contribution in [2.45, 2.75) is 0 Å². The van der Waals surface area contributed by atoms with Crippen molar-refractivity contribution in [3.8, 4) is 0 Å². The highest BCUT2D eigenvalue weighted by molar-refractivity contribution is 5.88. The number of hydrogen-bond acceptors (Lipinski definition) is 3. The average molecular weight is 165 g/mol. The third kappa shape index (κ3) is 1.79. The summed E-state index contributed by atoms with van der Waals surface area (Å²) in [6, 6.07) is 6.61. The topological polar surface area (TPSA) is 82.2 Å².